The van der Waals surface area contributed by atoms with Crippen LogP contribution in [0.3, 0.4) is 0 Å². The third-order valence-corrected chi connectivity index (χ3v) is 7.36. The van der Waals surface area contributed by atoms with E-state index in [1.165, 1.54) is 24.4 Å². The second kappa shape index (κ2) is 7.25. The van der Waals surface area contributed by atoms with Gasteiger partial charge in [0.15, 0.2) is 17.3 Å². The number of piperidine rings is 1. The molecule has 8 heteroatoms. The van der Waals surface area contributed by atoms with Crippen molar-refractivity contribution >= 4 is 11.8 Å². The minimum atomic E-state index is -0.124. The van der Waals surface area contributed by atoms with E-state index in [0.29, 0.717) is 17.5 Å². The number of fused-ring (bicyclic) bond motifs is 1. The summed E-state index contributed by atoms with van der Waals surface area (Å²) in [5, 5.41) is 9.44. The van der Waals surface area contributed by atoms with Crippen molar-refractivity contribution in [3.05, 3.63) is 47.7 Å². The number of halogens is 1. The first kappa shape index (κ1) is 18.8. The molecule has 1 aliphatic carbocycles. The van der Waals surface area contributed by atoms with E-state index >= 15 is 0 Å². The average Bonchev–Trinajstić information content (AvgIpc) is 3.01. The Bertz CT molecular complexity index is 1030. The number of hydrogen-bond donors (Lipinski definition) is 0. The second-order valence-corrected chi connectivity index (χ2v) is 9.20. The Morgan fingerprint density at radius 3 is 3.03 bits per heavy atom. The van der Waals surface area contributed by atoms with Gasteiger partial charge >= 0.3 is 0 Å². The van der Waals surface area contributed by atoms with Gasteiger partial charge in [0, 0.05) is 31.3 Å². The molecule has 3 heterocycles. The molecule has 152 valence electrons. The Morgan fingerprint density at radius 1 is 1.34 bits per heavy atom. The molecular weight excluding hydrogens is 389 g/mol. The molecule has 3 aromatic rings. The number of aromatic nitrogens is 4. The number of thioether (sulfide) groups is 1. The van der Waals surface area contributed by atoms with Gasteiger partial charge in [-0.2, -0.15) is 0 Å². The Balaban J connectivity index is 1.13. The minimum Gasteiger partial charge on any atom is -0.440 e. The van der Waals surface area contributed by atoms with Crippen LogP contribution in [0.1, 0.15) is 24.1 Å². The largest absolute Gasteiger partial charge is 0.440 e. The van der Waals surface area contributed by atoms with Gasteiger partial charge in [-0.3, -0.25) is 0 Å². The quantitative estimate of drug-likeness (QED) is 0.435. The number of hydrogen-bond acceptors (Lipinski definition) is 6. The zero-order valence-electron chi connectivity index (χ0n) is 16.6. The summed E-state index contributed by atoms with van der Waals surface area (Å²) < 4.78 is 21.0. The van der Waals surface area contributed by atoms with Crippen molar-refractivity contribution in [2.45, 2.75) is 30.3 Å². The van der Waals surface area contributed by atoms with E-state index in [-0.39, 0.29) is 11.2 Å². The summed E-state index contributed by atoms with van der Waals surface area (Å²) in [5.74, 6) is 2.92. The van der Waals surface area contributed by atoms with E-state index in [1.54, 1.807) is 17.8 Å². The molecule has 2 aromatic heterocycles. The molecule has 0 spiro atoms. The van der Waals surface area contributed by atoms with Crippen LogP contribution in [0, 0.1) is 18.7 Å². The van der Waals surface area contributed by atoms with Crippen molar-refractivity contribution in [3.63, 3.8) is 0 Å². The smallest absolute Gasteiger partial charge is 0.202 e. The van der Waals surface area contributed by atoms with Crippen LogP contribution in [0.15, 0.2) is 40.2 Å². The van der Waals surface area contributed by atoms with Crippen LogP contribution < -0.4 is 0 Å². The van der Waals surface area contributed by atoms with Gasteiger partial charge in [0.2, 0.25) is 5.82 Å². The van der Waals surface area contributed by atoms with Crippen LogP contribution in [0.5, 0.6) is 0 Å². The molecule has 2 aliphatic rings. The highest BCUT2D eigenvalue weighted by molar-refractivity contribution is 7.99. The molecule has 1 aliphatic heterocycles. The standard InChI is InChI=1S/C21H24FN5OS/c1-14-18(28-13-23-14)19-24-25-20(26(19)2)29-8-4-7-27-11-16-10-21(16,12-27)15-5-3-6-17(22)9-15/h3,5-6,9,13,16H,4,7-8,10-12H2,1-2H3/t16-,21+/m1/s1. The lowest BCUT2D eigenvalue weighted by Gasteiger charge is -2.21. The summed E-state index contributed by atoms with van der Waals surface area (Å²) in [6.45, 7) is 5.13. The van der Waals surface area contributed by atoms with Crippen molar-refractivity contribution in [2.24, 2.45) is 13.0 Å². The summed E-state index contributed by atoms with van der Waals surface area (Å²) in [5.41, 5.74) is 2.19. The molecule has 0 amide bonds. The molecule has 29 heavy (non-hydrogen) atoms. The maximum absolute atomic E-state index is 13.6. The van der Waals surface area contributed by atoms with Crippen molar-refractivity contribution in [3.8, 4) is 11.6 Å². The first-order valence-electron chi connectivity index (χ1n) is 9.98. The van der Waals surface area contributed by atoms with Crippen molar-refractivity contribution in [2.75, 3.05) is 25.4 Å². The number of aryl methyl sites for hydroxylation is 1. The monoisotopic (exact) mass is 413 g/mol. The van der Waals surface area contributed by atoms with Gasteiger partial charge in [-0.15, -0.1) is 10.2 Å². The van der Waals surface area contributed by atoms with Crippen LogP contribution in [0.4, 0.5) is 4.39 Å². The molecule has 1 saturated carbocycles. The first-order valence-corrected chi connectivity index (χ1v) is 11.0. The fourth-order valence-electron chi connectivity index (χ4n) is 4.61. The lowest BCUT2D eigenvalue weighted by Crippen LogP contribution is -2.28. The number of benzene rings is 1. The predicted molar refractivity (Wildman–Crippen MR) is 109 cm³/mol. The van der Waals surface area contributed by atoms with Crippen molar-refractivity contribution in [1.82, 2.24) is 24.6 Å². The maximum Gasteiger partial charge on any atom is 0.202 e. The molecule has 0 bridgehead atoms. The molecule has 0 N–H and O–H groups in total. The number of oxazole rings is 1. The van der Waals surface area contributed by atoms with Gasteiger partial charge in [0.05, 0.1) is 5.69 Å². The molecule has 0 radical (unpaired) electrons. The van der Waals surface area contributed by atoms with Gasteiger partial charge in [-0.05, 0) is 49.9 Å². The van der Waals surface area contributed by atoms with E-state index in [2.05, 4.69) is 26.1 Å². The van der Waals surface area contributed by atoms with Crippen molar-refractivity contribution in [1.29, 1.82) is 0 Å². The zero-order valence-corrected chi connectivity index (χ0v) is 17.5. The lowest BCUT2D eigenvalue weighted by molar-refractivity contribution is 0.299. The second-order valence-electron chi connectivity index (χ2n) is 8.14. The van der Waals surface area contributed by atoms with Gasteiger partial charge in [-0.1, -0.05) is 23.9 Å². The summed E-state index contributed by atoms with van der Waals surface area (Å²) in [4.78, 5) is 6.65. The fourth-order valence-corrected chi connectivity index (χ4v) is 5.44. The Hall–Kier alpha value is -2.19. The van der Waals surface area contributed by atoms with E-state index < -0.39 is 0 Å². The van der Waals surface area contributed by atoms with E-state index in [0.717, 1.165) is 42.7 Å². The molecule has 1 saturated heterocycles. The van der Waals surface area contributed by atoms with Crippen LogP contribution in [-0.2, 0) is 12.5 Å². The Labute approximate surface area is 173 Å². The minimum absolute atomic E-state index is 0.124. The topological polar surface area (TPSA) is 60.0 Å². The average molecular weight is 414 g/mol. The predicted octanol–water partition coefficient (Wildman–Crippen LogP) is 3.67. The molecule has 2 fully saturated rings. The summed E-state index contributed by atoms with van der Waals surface area (Å²) in [6, 6.07) is 7.18. The van der Waals surface area contributed by atoms with Crippen LogP contribution in [0.2, 0.25) is 0 Å². The summed E-state index contributed by atoms with van der Waals surface area (Å²) in [6.07, 6.45) is 3.72. The van der Waals surface area contributed by atoms with Gasteiger partial charge in [-0.25, -0.2) is 9.37 Å². The highest BCUT2D eigenvalue weighted by atomic mass is 32.2. The maximum atomic E-state index is 13.6. The fraction of sp³-hybridized carbons (Fsp3) is 0.476. The molecule has 6 nitrogen and oxygen atoms in total. The zero-order chi connectivity index (χ0) is 20.0. The molecule has 1 aromatic carbocycles. The molecule has 2 atom stereocenters. The third-order valence-electron chi connectivity index (χ3n) is 6.25. The van der Waals surface area contributed by atoms with E-state index in [9.17, 15) is 4.39 Å². The van der Waals surface area contributed by atoms with Crippen LogP contribution >= 0.6 is 11.8 Å². The molecule has 0 unspecified atom stereocenters. The number of likely N-dealkylation sites (tertiary alicyclic amines) is 1. The summed E-state index contributed by atoms with van der Waals surface area (Å²) >= 11 is 1.71. The number of rotatable bonds is 7. The SMILES string of the molecule is Cc1ncoc1-c1nnc(SCCCN2C[C@H]3C[C@@]3(c3cccc(F)c3)C2)n1C. The highest BCUT2D eigenvalue weighted by Gasteiger charge is 2.60. The normalized spacial score (nSPS) is 23.5. The highest BCUT2D eigenvalue weighted by Crippen LogP contribution is 2.59. The lowest BCUT2D eigenvalue weighted by atomic mass is 9.95. The van der Waals surface area contributed by atoms with Crippen molar-refractivity contribution < 1.29 is 8.81 Å². The first-order chi connectivity index (χ1) is 14.1. The van der Waals surface area contributed by atoms with E-state index in [1.807, 2.05) is 24.6 Å². The number of nitrogens with zero attached hydrogens (tertiary/aromatic N) is 5. The van der Waals surface area contributed by atoms with Gasteiger partial charge in [0.1, 0.15) is 5.82 Å². The Kier molecular flexibility index (Phi) is 4.70. The van der Waals surface area contributed by atoms with E-state index in [4.69, 9.17) is 4.42 Å². The molecule has 5 rings (SSSR count). The summed E-state index contributed by atoms with van der Waals surface area (Å²) in [7, 11) is 1.95. The van der Waals surface area contributed by atoms with Crippen LogP contribution in [0.25, 0.3) is 11.6 Å². The van der Waals surface area contributed by atoms with Crippen LogP contribution in [-0.4, -0.2) is 50.0 Å². The van der Waals surface area contributed by atoms with Gasteiger partial charge < -0.3 is 13.9 Å². The third kappa shape index (κ3) is 3.38. The Morgan fingerprint density at radius 2 is 2.24 bits per heavy atom. The molecular formula is C21H24FN5OS. The van der Waals surface area contributed by atoms with Gasteiger partial charge in [0.25, 0.3) is 0 Å².